The van der Waals surface area contributed by atoms with Gasteiger partial charge in [-0.05, 0) is 18.9 Å². The predicted octanol–water partition coefficient (Wildman–Crippen LogP) is 1.47. The highest BCUT2D eigenvalue weighted by Crippen LogP contribution is 2.16. The topological polar surface area (TPSA) is 73.2 Å². The van der Waals surface area contributed by atoms with Crippen LogP contribution < -0.4 is 5.32 Å². The van der Waals surface area contributed by atoms with Gasteiger partial charge in [-0.2, -0.15) is 5.26 Å². The number of amides is 2. The summed E-state index contributed by atoms with van der Waals surface area (Å²) in [4.78, 5) is 25.8. The van der Waals surface area contributed by atoms with Gasteiger partial charge in [-0.25, -0.2) is 0 Å². The zero-order chi connectivity index (χ0) is 15.9. The quantitative estimate of drug-likeness (QED) is 0.806. The SMILES string of the molecule is Cc1ccc(CN2CC[C@H](NC(=O)CSCC#N)C2=O)cc1. The molecule has 1 N–H and O–H groups in total. The summed E-state index contributed by atoms with van der Waals surface area (Å²) >= 11 is 1.25. The van der Waals surface area contributed by atoms with Crippen LogP contribution in [0.1, 0.15) is 17.5 Å². The Morgan fingerprint density at radius 1 is 1.45 bits per heavy atom. The van der Waals surface area contributed by atoms with Crippen molar-refractivity contribution in [3.63, 3.8) is 0 Å². The number of aryl methyl sites for hydroxylation is 1. The number of rotatable bonds is 6. The van der Waals surface area contributed by atoms with Crippen LogP contribution in [0, 0.1) is 18.3 Å². The van der Waals surface area contributed by atoms with Crippen LogP contribution in [0.15, 0.2) is 24.3 Å². The van der Waals surface area contributed by atoms with E-state index in [0.29, 0.717) is 19.5 Å². The van der Waals surface area contributed by atoms with Gasteiger partial charge in [0, 0.05) is 13.1 Å². The fraction of sp³-hybridized carbons (Fsp3) is 0.438. The van der Waals surface area contributed by atoms with Gasteiger partial charge in [0.25, 0.3) is 0 Å². The molecule has 2 amide bonds. The smallest absolute Gasteiger partial charge is 0.245 e. The summed E-state index contributed by atoms with van der Waals surface area (Å²) in [6.45, 7) is 3.26. The molecule has 0 bridgehead atoms. The van der Waals surface area contributed by atoms with Gasteiger partial charge in [0.2, 0.25) is 11.8 Å². The van der Waals surface area contributed by atoms with Gasteiger partial charge in [-0.15, -0.1) is 11.8 Å². The molecular weight excluding hydrogens is 298 g/mol. The van der Waals surface area contributed by atoms with Crippen molar-refractivity contribution >= 4 is 23.6 Å². The van der Waals surface area contributed by atoms with Crippen LogP contribution in [-0.2, 0) is 16.1 Å². The summed E-state index contributed by atoms with van der Waals surface area (Å²) < 4.78 is 0. The highest BCUT2D eigenvalue weighted by Gasteiger charge is 2.32. The molecule has 116 valence electrons. The van der Waals surface area contributed by atoms with E-state index in [2.05, 4.69) is 5.32 Å². The average Bonchev–Trinajstić information content (AvgIpc) is 2.83. The standard InChI is InChI=1S/C16H19N3O2S/c1-12-2-4-13(5-3-12)10-19-8-6-14(16(19)21)18-15(20)11-22-9-7-17/h2-5,14H,6,8-11H2,1H3,(H,18,20)/t14-/m0/s1. The van der Waals surface area contributed by atoms with E-state index in [1.165, 1.54) is 17.3 Å². The molecule has 1 aromatic rings. The molecule has 6 heteroatoms. The molecule has 0 radical (unpaired) electrons. The third kappa shape index (κ3) is 4.50. The van der Waals surface area contributed by atoms with Gasteiger partial charge in [0.05, 0.1) is 17.6 Å². The van der Waals surface area contributed by atoms with Crippen molar-refractivity contribution in [2.24, 2.45) is 0 Å². The van der Waals surface area contributed by atoms with E-state index < -0.39 is 6.04 Å². The first kappa shape index (κ1) is 16.4. The fourth-order valence-electron chi connectivity index (χ4n) is 2.37. The van der Waals surface area contributed by atoms with E-state index in [1.807, 2.05) is 37.3 Å². The van der Waals surface area contributed by atoms with E-state index in [9.17, 15) is 9.59 Å². The van der Waals surface area contributed by atoms with Gasteiger partial charge in [-0.3, -0.25) is 9.59 Å². The molecule has 0 saturated carbocycles. The first-order valence-corrected chi connectivity index (χ1v) is 8.34. The number of carbonyl (C=O) groups excluding carboxylic acids is 2. The second-order valence-electron chi connectivity index (χ2n) is 5.31. The zero-order valence-corrected chi connectivity index (χ0v) is 13.4. The molecule has 0 aliphatic carbocycles. The summed E-state index contributed by atoms with van der Waals surface area (Å²) in [5.74, 6) is 0.288. The Hall–Kier alpha value is -2.00. The van der Waals surface area contributed by atoms with E-state index in [-0.39, 0.29) is 23.3 Å². The highest BCUT2D eigenvalue weighted by molar-refractivity contribution is 8.00. The number of hydrogen-bond donors (Lipinski definition) is 1. The lowest BCUT2D eigenvalue weighted by molar-refractivity contribution is -0.132. The summed E-state index contributed by atoms with van der Waals surface area (Å²) in [6.07, 6.45) is 0.638. The summed E-state index contributed by atoms with van der Waals surface area (Å²) in [7, 11) is 0. The molecule has 5 nitrogen and oxygen atoms in total. The normalized spacial score (nSPS) is 17.4. The molecule has 1 aromatic carbocycles. The number of nitrogens with zero attached hydrogens (tertiary/aromatic N) is 2. The fourth-order valence-corrected chi connectivity index (χ4v) is 2.83. The molecule has 1 aliphatic rings. The summed E-state index contributed by atoms with van der Waals surface area (Å²) in [6, 6.07) is 9.64. The van der Waals surface area contributed by atoms with Crippen LogP contribution in [0.2, 0.25) is 0 Å². The minimum Gasteiger partial charge on any atom is -0.344 e. The third-order valence-corrected chi connectivity index (χ3v) is 4.33. The van der Waals surface area contributed by atoms with E-state index in [0.717, 1.165) is 5.56 Å². The Morgan fingerprint density at radius 3 is 2.86 bits per heavy atom. The Bertz CT molecular complexity index is 580. The van der Waals surface area contributed by atoms with Crippen molar-refractivity contribution in [2.45, 2.75) is 25.9 Å². The van der Waals surface area contributed by atoms with Crippen molar-refractivity contribution in [3.05, 3.63) is 35.4 Å². The molecule has 1 saturated heterocycles. The van der Waals surface area contributed by atoms with Gasteiger partial charge in [-0.1, -0.05) is 29.8 Å². The van der Waals surface area contributed by atoms with Crippen molar-refractivity contribution < 1.29 is 9.59 Å². The van der Waals surface area contributed by atoms with Crippen molar-refractivity contribution in [2.75, 3.05) is 18.1 Å². The lowest BCUT2D eigenvalue weighted by atomic mass is 10.1. The third-order valence-electron chi connectivity index (χ3n) is 3.53. The monoisotopic (exact) mass is 317 g/mol. The van der Waals surface area contributed by atoms with Crippen molar-refractivity contribution in [3.8, 4) is 6.07 Å². The maximum Gasteiger partial charge on any atom is 0.245 e. The first-order valence-electron chi connectivity index (χ1n) is 7.18. The molecule has 0 spiro atoms. The number of nitriles is 1. The molecule has 0 unspecified atom stereocenters. The maximum absolute atomic E-state index is 12.3. The van der Waals surface area contributed by atoms with Crippen LogP contribution >= 0.6 is 11.8 Å². The maximum atomic E-state index is 12.3. The highest BCUT2D eigenvalue weighted by atomic mass is 32.2. The lowest BCUT2D eigenvalue weighted by Gasteiger charge is -2.17. The van der Waals surface area contributed by atoms with E-state index >= 15 is 0 Å². The Morgan fingerprint density at radius 2 is 2.18 bits per heavy atom. The molecule has 22 heavy (non-hydrogen) atoms. The van der Waals surface area contributed by atoms with Gasteiger partial charge < -0.3 is 10.2 Å². The second kappa shape index (κ2) is 7.85. The Balaban J connectivity index is 1.83. The minimum absolute atomic E-state index is 0.0285. The average molecular weight is 317 g/mol. The minimum atomic E-state index is -0.430. The molecule has 1 heterocycles. The number of benzene rings is 1. The lowest BCUT2D eigenvalue weighted by Crippen LogP contribution is -2.42. The Kier molecular flexibility index (Phi) is 5.84. The van der Waals surface area contributed by atoms with Gasteiger partial charge in [0.1, 0.15) is 6.04 Å². The number of hydrogen-bond acceptors (Lipinski definition) is 4. The second-order valence-corrected chi connectivity index (χ2v) is 6.29. The molecule has 1 fully saturated rings. The summed E-state index contributed by atoms with van der Waals surface area (Å²) in [5, 5.41) is 11.2. The number of likely N-dealkylation sites (tertiary alicyclic amines) is 1. The van der Waals surface area contributed by atoms with Crippen LogP contribution in [-0.4, -0.2) is 40.8 Å². The van der Waals surface area contributed by atoms with Crippen LogP contribution in [0.5, 0.6) is 0 Å². The van der Waals surface area contributed by atoms with Gasteiger partial charge in [0.15, 0.2) is 0 Å². The van der Waals surface area contributed by atoms with Gasteiger partial charge >= 0.3 is 0 Å². The van der Waals surface area contributed by atoms with Crippen LogP contribution in [0.4, 0.5) is 0 Å². The van der Waals surface area contributed by atoms with E-state index in [4.69, 9.17) is 5.26 Å². The first-order chi connectivity index (χ1) is 10.6. The summed E-state index contributed by atoms with van der Waals surface area (Å²) in [5.41, 5.74) is 2.28. The van der Waals surface area contributed by atoms with E-state index in [1.54, 1.807) is 4.90 Å². The van der Waals surface area contributed by atoms with Crippen LogP contribution in [0.25, 0.3) is 0 Å². The number of nitrogens with one attached hydrogen (secondary N) is 1. The largest absolute Gasteiger partial charge is 0.344 e. The number of carbonyl (C=O) groups is 2. The Labute approximate surface area is 134 Å². The molecular formula is C16H19N3O2S. The molecule has 0 aromatic heterocycles. The number of thioether (sulfide) groups is 1. The zero-order valence-electron chi connectivity index (χ0n) is 12.5. The molecule has 1 atom stereocenters. The molecule has 1 aliphatic heterocycles. The van der Waals surface area contributed by atoms with Crippen molar-refractivity contribution in [1.29, 1.82) is 5.26 Å². The predicted molar refractivity (Wildman–Crippen MR) is 86.1 cm³/mol. The molecule has 2 rings (SSSR count). The van der Waals surface area contributed by atoms with Crippen molar-refractivity contribution in [1.82, 2.24) is 10.2 Å². The van der Waals surface area contributed by atoms with Crippen LogP contribution in [0.3, 0.4) is 0 Å².